The number of benzene rings is 1. The SMILES string of the molecule is CCCCOCC1(OCOCOc2cccc3cccnc23)COCCOCCOCOCOCOCCOC1. The number of fused-ring (bicyclic) bond motifs is 1. The Morgan fingerprint density at radius 1 is 0.750 bits per heavy atom. The fourth-order valence-electron chi connectivity index (χ4n) is 3.59. The fraction of sp³-hybridized carbons (Fsp3) is 0.679. The number of hydrogen-bond acceptors (Lipinski definition) is 12. The van der Waals surface area contributed by atoms with Crippen LogP contribution < -0.4 is 4.74 Å². The van der Waals surface area contributed by atoms with Crippen molar-refractivity contribution in [3.05, 3.63) is 36.5 Å². The lowest BCUT2D eigenvalue weighted by Crippen LogP contribution is -2.48. The van der Waals surface area contributed by atoms with Crippen molar-refractivity contribution >= 4 is 10.9 Å². The lowest BCUT2D eigenvalue weighted by Gasteiger charge is -2.33. The summed E-state index contributed by atoms with van der Waals surface area (Å²) in [6.45, 7) is 5.85. The zero-order valence-corrected chi connectivity index (χ0v) is 23.4. The molecule has 1 aromatic carbocycles. The molecule has 0 N–H and O–H groups in total. The summed E-state index contributed by atoms with van der Waals surface area (Å²) < 4.78 is 62.2. The maximum atomic E-state index is 6.20. The number of pyridine rings is 1. The first-order chi connectivity index (χ1) is 19.8. The van der Waals surface area contributed by atoms with Crippen LogP contribution in [0.5, 0.6) is 5.75 Å². The van der Waals surface area contributed by atoms with Gasteiger partial charge in [0.25, 0.3) is 0 Å². The van der Waals surface area contributed by atoms with Crippen LogP contribution in [0, 0.1) is 0 Å². The van der Waals surface area contributed by atoms with Crippen LogP contribution in [0.15, 0.2) is 36.5 Å². The number of hydrogen-bond donors (Lipinski definition) is 0. The summed E-state index contributed by atoms with van der Waals surface area (Å²) in [5.41, 5.74) is -0.143. The summed E-state index contributed by atoms with van der Waals surface area (Å²) in [5, 5.41) is 0.988. The van der Waals surface area contributed by atoms with Crippen molar-refractivity contribution in [2.24, 2.45) is 0 Å². The van der Waals surface area contributed by atoms with Gasteiger partial charge in [0.15, 0.2) is 20.4 Å². The molecule has 12 nitrogen and oxygen atoms in total. The van der Waals surface area contributed by atoms with E-state index < -0.39 is 5.60 Å². The van der Waals surface area contributed by atoms with Crippen LogP contribution in [0.4, 0.5) is 0 Å². The predicted molar refractivity (Wildman–Crippen MR) is 144 cm³/mol. The topological polar surface area (TPSA) is 114 Å². The second-order valence-corrected chi connectivity index (χ2v) is 8.94. The highest BCUT2D eigenvalue weighted by molar-refractivity contribution is 5.84. The summed E-state index contributed by atoms with van der Waals surface area (Å²) in [4.78, 5) is 4.40. The number of para-hydroxylation sites is 1. The highest BCUT2D eigenvalue weighted by Gasteiger charge is 2.33. The van der Waals surface area contributed by atoms with Gasteiger partial charge in [0, 0.05) is 18.2 Å². The molecule has 1 aromatic heterocycles. The Labute approximate surface area is 236 Å². The molecule has 0 spiro atoms. The predicted octanol–water partition coefficient (Wildman–Crippen LogP) is 3.12. The lowest BCUT2D eigenvalue weighted by molar-refractivity contribution is -0.222. The minimum Gasteiger partial charge on any atom is -0.465 e. The minimum absolute atomic E-state index is 0.0162. The molecule has 0 bridgehead atoms. The number of unbranched alkanes of at least 4 members (excludes halogenated alkanes) is 1. The zero-order chi connectivity index (χ0) is 28.0. The summed E-state index contributed by atoms with van der Waals surface area (Å²) in [6, 6.07) is 9.61. The first kappa shape index (κ1) is 32.5. The van der Waals surface area contributed by atoms with Crippen LogP contribution in [0.2, 0.25) is 0 Å². The molecule has 0 radical (unpaired) electrons. The van der Waals surface area contributed by atoms with Crippen molar-refractivity contribution in [3.8, 4) is 5.75 Å². The van der Waals surface area contributed by atoms with E-state index in [9.17, 15) is 0 Å². The molecular weight excluding hydrogens is 526 g/mol. The molecule has 1 fully saturated rings. The highest BCUT2D eigenvalue weighted by Crippen LogP contribution is 2.23. The maximum Gasteiger partial charge on any atom is 0.191 e. The van der Waals surface area contributed by atoms with Gasteiger partial charge < -0.3 is 52.1 Å². The quantitative estimate of drug-likeness (QED) is 0.293. The molecule has 1 unspecified atom stereocenters. The third-order valence-corrected chi connectivity index (χ3v) is 5.70. The van der Waals surface area contributed by atoms with Gasteiger partial charge in [-0.2, -0.15) is 0 Å². The van der Waals surface area contributed by atoms with Crippen LogP contribution in [0.3, 0.4) is 0 Å². The second-order valence-electron chi connectivity index (χ2n) is 8.94. The summed E-state index contributed by atoms with van der Waals surface area (Å²) in [7, 11) is 0. The van der Waals surface area contributed by atoms with Crippen molar-refractivity contribution < 1.29 is 52.1 Å². The summed E-state index contributed by atoms with van der Waals surface area (Å²) in [5.74, 6) is 0.634. The van der Waals surface area contributed by atoms with E-state index >= 15 is 0 Å². The average molecular weight is 570 g/mol. The van der Waals surface area contributed by atoms with Gasteiger partial charge in [0.2, 0.25) is 0 Å². The molecule has 0 amide bonds. The van der Waals surface area contributed by atoms with Gasteiger partial charge in [-0.25, -0.2) is 0 Å². The standard InChI is InChI=1S/C28H43NO11/c1-2-3-10-31-17-28(40-24-38-23-39-26-8-4-6-25-7-5-9-29-27(25)26)18-32-13-11-30-12-15-34-20-36-22-37-21-35-16-14-33-19-28/h4-9H,2-3,10-24H2,1H3. The van der Waals surface area contributed by atoms with Crippen molar-refractivity contribution in [2.75, 3.05) is 100 Å². The third-order valence-electron chi connectivity index (χ3n) is 5.70. The van der Waals surface area contributed by atoms with E-state index in [0.29, 0.717) is 52.0 Å². The molecule has 1 atom stereocenters. The first-order valence-electron chi connectivity index (χ1n) is 13.6. The number of ether oxygens (including phenoxy) is 11. The molecular formula is C28H43NO11. The van der Waals surface area contributed by atoms with Gasteiger partial charge in [0.05, 0.1) is 59.5 Å². The molecule has 3 rings (SSSR count). The van der Waals surface area contributed by atoms with E-state index in [4.69, 9.17) is 52.1 Å². The Morgan fingerprint density at radius 3 is 2.17 bits per heavy atom. The molecule has 0 saturated carbocycles. The Kier molecular flexibility index (Phi) is 17.0. The molecule has 2 aromatic rings. The normalized spacial score (nSPS) is 21.3. The molecule has 12 heteroatoms. The van der Waals surface area contributed by atoms with Crippen LogP contribution in [0.25, 0.3) is 10.9 Å². The zero-order valence-electron chi connectivity index (χ0n) is 23.4. The summed E-state index contributed by atoms with van der Waals surface area (Å²) >= 11 is 0. The Hall–Kier alpha value is -1.97. The van der Waals surface area contributed by atoms with E-state index in [1.165, 1.54) is 0 Å². The van der Waals surface area contributed by atoms with E-state index in [0.717, 1.165) is 23.7 Å². The van der Waals surface area contributed by atoms with Crippen molar-refractivity contribution in [2.45, 2.75) is 25.4 Å². The number of nitrogens with zero attached hydrogens (tertiary/aromatic N) is 1. The highest BCUT2D eigenvalue weighted by atomic mass is 16.8. The van der Waals surface area contributed by atoms with E-state index in [2.05, 4.69) is 11.9 Å². The van der Waals surface area contributed by atoms with Gasteiger partial charge in [-0.05, 0) is 18.6 Å². The van der Waals surface area contributed by atoms with Crippen molar-refractivity contribution in [3.63, 3.8) is 0 Å². The lowest BCUT2D eigenvalue weighted by atomic mass is 10.1. The average Bonchev–Trinajstić information content (AvgIpc) is 2.98. The number of rotatable bonds is 11. The van der Waals surface area contributed by atoms with Gasteiger partial charge in [0.1, 0.15) is 30.5 Å². The third kappa shape index (κ3) is 13.1. The Bertz CT molecular complexity index is 878. The smallest absolute Gasteiger partial charge is 0.191 e. The maximum absolute atomic E-state index is 6.20. The summed E-state index contributed by atoms with van der Waals surface area (Å²) in [6.07, 6.45) is 3.69. The molecule has 0 aliphatic carbocycles. The van der Waals surface area contributed by atoms with Gasteiger partial charge >= 0.3 is 0 Å². The van der Waals surface area contributed by atoms with E-state index in [1.807, 2.05) is 30.3 Å². The minimum atomic E-state index is -0.912. The van der Waals surface area contributed by atoms with E-state index in [1.54, 1.807) is 6.20 Å². The van der Waals surface area contributed by atoms with Crippen LogP contribution in [-0.2, 0) is 47.4 Å². The van der Waals surface area contributed by atoms with Crippen molar-refractivity contribution in [1.82, 2.24) is 4.98 Å². The Morgan fingerprint density at radius 2 is 1.43 bits per heavy atom. The molecule has 1 saturated heterocycles. The second kappa shape index (κ2) is 20.8. The van der Waals surface area contributed by atoms with Gasteiger partial charge in [-0.15, -0.1) is 0 Å². The Balaban J connectivity index is 1.53. The molecule has 1 aliphatic heterocycles. The molecule has 1 aliphatic rings. The fourth-order valence-corrected chi connectivity index (χ4v) is 3.59. The number of aromatic nitrogens is 1. The molecule has 226 valence electrons. The monoisotopic (exact) mass is 569 g/mol. The van der Waals surface area contributed by atoms with Gasteiger partial charge in [-0.1, -0.05) is 31.5 Å². The largest absolute Gasteiger partial charge is 0.465 e. The van der Waals surface area contributed by atoms with Crippen LogP contribution in [0.1, 0.15) is 19.8 Å². The molecule has 2 heterocycles. The van der Waals surface area contributed by atoms with E-state index in [-0.39, 0.29) is 53.8 Å². The van der Waals surface area contributed by atoms with Crippen LogP contribution >= 0.6 is 0 Å². The molecule has 40 heavy (non-hydrogen) atoms. The van der Waals surface area contributed by atoms with Gasteiger partial charge in [-0.3, -0.25) is 4.98 Å². The first-order valence-corrected chi connectivity index (χ1v) is 13.6. The van der Waals surface area contributed by atoms with Crippen LogP contribution in [-0.4, -0.2) is 111 Å². The van der Waals surface area contributed by atoms with Crippen molar-refractivity contribution in [1.29, 1.82) is 0 Å².